The van der Waals surface area contributed by atoms with Crippen molar-refractivity contribution >= 4 is 10.0 Å². The van der Waals surface area contributed by atoms with Crippen LogP contribution >= 0.6 is 0 Å². The van der Waals surface area contributed by atoms with E-state index in [2.05, 4.69) is 12.2 Å². The van der Waals surface area contributed by atoms with Gasteiger partial charge in [0.2, 0.25) is 10.0 Å². The molecule has 0 radical (unpaired) electrons. The van der Waals surface area contributed by atoms with Crippen LogP contribution in [0.15, 0.2) is 0 Å². The van der Waals surface area contributed by atoms with Crippen molar-refractivity contribution in [3.63, 3.8) is 0 Å². The lowest BCUT2D eigenvalue weighted by atomic mass is 10.3. The summed E-state index contributed by atoms with van der Waals surface area (Å²) in [4.78, 5) is 0. The molecule has 1 heterocycles. The van der Waals surface area contributed by atoms with Crippen molar-refractivity contribution in [1.82, 2.24) is 9.62 Å². The van der Waals surface area contributed by atoms with Crippen molar-refractivity contribution in [2.24, 2.45) is 0 Å². The third kappa shape index (κ3) is 5.33. The van der Waals surface area contributed by atoms with E-state index in [4.69, 9.17) is 4.74 Å². The Bertz CT molecular complexity index is 306. The van der Waals surface area contributed by atoms with Crippen LogP contribution in [0, 0.1) is 0 Å². The first-order valence-corrected chi connectivity index (χ1v) is 7.97. The highest BCUT2D eigenvalue weighted by atomic mass is 32.2. The molecule has 0 spiro atoms. The highest BCUT2D eigenvalue weighted by Gasteiger charge is 2.26. The average molecular weight is 264 g/mol. The van der Waals surface area contributed by atoms with Crippen molar-refractivity contribution in [3.8, 4) is 0 Å². The first-order valence-electron chi connectivity index (χ1n) is 6.36. The molecule has 0 amide bonds. The molecule has 1 aliphatic rings. The van der Waals surface area contributed by atoms with Crippen LogP contribution in [0.2, 0.25) is 0 Å². The van der Waals surface area contributed by atoms with Crippen LogP contribution in [-0.4, -0.2) is 57.4 Å². The fourth-order valence-corrected chi connectivity index (χ4v) is 3.41. The van der Waals surface area contributed by atoms with Crippen LogP contribution in [-0.2, 0) is 14.8 Å². The van der Waals surface area contributed by atoms with Crippen molar-refractivity contribution in [3.05, 3.63) is 0 Å². The summed E-state index contributed by atoms with van der Waals surface area (Å²) in [6, 6.07) is 0. The van der Waals surface area contributed by atoms with Crippen LogP contribution in [0.4, 0.5) is 0 Å². The molecule has 0 saturated carbocycles. The Morgan fingerprint density at radius 3 is 2.82 bits per heavy atom. The third-order valence-corrected chi connectivity index (χ3v) is 4.70. The second-order valence-corrected chi connectivity index (χ2v) is 6.55. The van der Waals surface area contributed by atoms with Crippen molar-refractivity contribution in [2.75, 3.05) is 38.5 Å². The Hall–Kier alpha value is -0.170. The molecule has 0 bridgehead atoms. The van der Waals surface area contributed by atoms with Gasteiger partial charge in [0.1, 0.15) is 0 Å². The first-order chi connectivity index (χ1) is 8.06. The fourth-order valence-electron chi connectivity index (χ4n) is 1.85. The van der Waals surface area contributed by atoms with Crippen LogP contribution < -0.4 is 5.32 Å². The Labute approximate surface area is 105 Å². The summed E-state index contributed by atoms with van der Waals surface area (Å²) in [5, 5.41) is 3.21. The van der Waals surface area contributed by atoms with Gasteiger partial charge < -0.3 is 10.1 Å². The van der Waals surface area contributed by atoms with Gasteiger partial charge >= 0.3 is 0 Å². The monoisotopic (exact) mass is 264 g/mol. The SMILES string of the molecule is CCCNCCCS(=O)(=O)N1CCOC(C)C1. The molecule has 5 nitrogen and oxygen atoms in total. The number of nitrogens with zero attached hydrogens (tertiary/aromatic N) is 1. The molecule has 1 rings (SSSR count). The van der Waals surface area contributed by atoms with Gasteiger partial charge in [-0.2, -0.15) is 4.31 Å². The van der Waals surface area contributed by atoms with E-state index in [0.717, 1.165) is 19.5 Å². The predicted molar refractivity (Wildman–Crippen MR) is 68.6 cm³/mol. The van der Waals surface area contributed by atoms with Gasteiger partial charge in [-0.05, 0) is 32.9 Å². The van der Waals surface area contributed by atoms with Gasteiger partial charge in [0.15, 0.2) is 0 Å². The molecule has 17 heavy (non-hydrogen) atoms. The van der Waals surface area contributed by atoms with Crippen LogP contribution in [0.3, 0.4) is 0 Å². The predicted octanol–water partition coefficient (Wildman–Crippen LogP) is 0.427. The standard InChI is InChI=1S/C11H24N2O3S/c1-3-5-12-6-4-9-17(14,15)13-7-8-16-11(2)10-13/h11-12H,3-10H2,1-2H3. The number of ether oxygens (including phenoxy) is 1. The van der Waals surface area contributed by atoms with Gasteiger partial charge in [-0.3, -0.25) is 0 Å². The summed E-state index contributed by atoms with van der Waals surface area (Å²) in [5.41, 5.74) is 0. The maximum Gasteiger partial charge on any atom is 0.214 e. The van der Waals surface area contributed by atoms with Crippen molar-refractivity contribution in [2.45, 2.75) is 32.8 Å². The summed E-state index contributed by atoms with van der Waals surface area (Å²) in [7, 11) is -3.09. The normalized spacial score (nSPS) is 22.8. The van der Waals surface area contributed by atoms with Crippen LogP contribution in [0.25, 0.3) is 0 Å². The number of rotatable bonds is 7. The molecular formula is C11H24N2O3S. The number of hydrogen-bond donors (Lipinski definition) is 1. The van der Waals surface area contributed by atoms with E-state index >= 15 is 0 Å². The van der Waals surface area contributed by atoms with Gasteiger partial charge in [0, 0.05) is 13.1 Å². The minimum atomic E-state index is -3.09. The van der Waals surface area contributed by atoms with Crippen LogP contribution in [0.1, 0.15) is 26.7 Å². The molecule has 1 N–H and O–H groups in total. The molecule has 0 aromatic rings. The molecule has 6 heteroatoms. The Morgan fingerprint density at radius 2 is 2.18 bits per heavy atom. The molecule has 0 aliphatic carbocycles. The second kappa shape index (κ2) is 7.31. The lowest BCUT2D eigenvalue weighted by Crippen LogP contribution is -2.45. The van der Waals surface area contributed by atoms with E-state index in [0.29, 0.717) is 26.1 Å². The van der Waals surface area contributed by atoms with E-state index in [9.17, 15) is 8.42 Å². The van der Waals surface area contributed by atoms with E-state index in [1.54, 1.807) is 4.31 Å². The summed E-state index contributed by atoms with van der Waals surface area (Å²) in [6.45, 7) is 7.22. The summed E-state index contributed by atoms with van der Waals surface area (Å²) in [5.74, 6) is 0.233. The van der Waals surface area contributed by atoms with E-state index < -0.39 is 10.0 Å². The third-order valence-electron chi connectivity index (χ3n) is 2.78. The van der Waals surface area contributed by atoms with Crippen LogP contribution in [0.5, 0.6) is 0 Å². The maximum atomic E-state index is 12.0. The largest absolute Gasteiger partial charge is 0.376 e. The number of hydrogen-bond acceptors (Lipinski definition) is 4. The van der Waals surface area contributed by atoms with Crippen molar-refractivity contribution < 1.29 is 13.2 Å². The Morgan fingerprint density at radius 1 is 1.41 bits per heavy atom. The van der Waals surface area contributed by atoms with Gasteiger partial charge in [-0.25, -0.2) is 8.42 Å². The molecule has 1 unspecified atom stereocenters. The molecular weight excluding hydrogens is 240 g/mol. The minimum absolute atomic E-state index is 0.0109. The summed E-state index contributed by atoms with van der Waals surface area (Å²) >= 11 is 0. The smallest absolute Gasteiger partial charge is 0.214 e. The lowest BCUT2D eigenvalue weighted by molar-refractivity contribution is 0.0102. The Kier molecular flexibility index (Phi) is 6.40. The topological polar surface area (TPSA) is 58.6 Å². The molecule has 1 saturated heterocycles. The van der Waals surface area contributed by atoms with Gasteiger partial charge in [-0.1, -0.05) is 6.92 Å². The molecule has 1 atom stereocenters. The maximum absolute atomic E-state index is 12.0. The molecule has 0 aromatic carbocycles. The average Bonchev–Trinajstić information content (AvgIpc) is 2.29. The summed E-state index contributed by atoms with van der Waals surface area (Å²) < 4.78 is 30.9. The molecule has 0 aromatic heterocycles. The summed E-state index contributed by atoms with van der Waals surface area (Å²) in [6.07, 6.45) is 1.76. The van der Waals surface area contributed by atoms with E-state index in [-0.39, 0.29) is 11.9 Å². The fraction of sp³-hybridized carbons (Fsp3) is 1.00. The number of morpholine rings is 1. The highest BCUT2D eigenvalue weighted by Crippen LogP contribution is 2.10. The van der Waals surface area contributed by atoms with Gasteiger partial charge in [-0.15, -0.1) is 0 Å². The zero-order valence-electron chi connectivity index (χ0n) is 10.8. The highest BCUT2D eigenvalue weighted by molar-refractivity contribution is 7.89. The number of nitrogens with one attached hydrogen (secondary N) is 1. The molecule has 102 valence electrons. The zero-order valence-corrected chi connectivity index (χ0v) is 11.6. The second-order valence-electron chi connectivity index (χ2n) is 4.46. The Balaban J connectivity index is 2.29. The van der Waals surface area contributed by atoms with Crippen molar-refractivity contribution in [1.29, 1.82) is 0 Å². The number of sulfonamides is 1. The van der Waals surface area contributed by atoms with E-state index in [1.165, 1.54) is 0 Å². The van der Waals surface area contributed by atoms with Gasteiger partial charge in [0.25, 0.3) is 0 Å². The quantitative estimate of drug-likeness (QED) is 0.677. The van der Waals surface area contributed by atoms with Gasteiger partial charge in [0.05, 0.1) is 18.5 Å². The molecule has 1 fully saturated rings. The minimum Gasteiger partial charge on any atom is -0.376 e. The van der Waals surface area contributed by atoms with E-state index in [1.807, 2.05) is 6.92 Å². The molecule has 1 aliphatic heterocycles. The first kappa shape index (κ1) is 14.9. The lowest BCUT2D eigenvalue weighted by Gasteiger charge is -2.30. The zero-order chi connectivity index (χ0) is 12.7.